The number of hydrazine groups is 1. The molecule has 2 aromatic carbocycles. The summed E-state index contributed by atoms with van der Waals surface area (Å²) < 4.78 is 22.2. The SMILES string of the molecule is COCOC1=CC=C(c2ccc3c4c2CN(c2ccccc2OC)N4C(=O)C(C)(C)N3)C(OC)=CC1. The Morgan fingerprint density at radius 3 is 2.58 bits per heavy atom. The summed E-state index contributed by atoms with van der Waals surface area (Å²) in [6.45, 7) is 4.47. The molecule has 0 saturated heterocycles. The van der Waals surface area contributed by atoms with Gasteiger partial charge in [-0.25, -0.2) is 5.01 Å². The van der Waals surface area contributed by atoms with E-state index < -0.39 is 5.54 Å². The molecule has 5 rings (SSSR count). The van der Waals surface area contributed by atoms with Gasteiger partial charge < -0.3 is 24.3 Å². The minimum atomic E-state index is -0.772. The van der Waals surface area contributed by atoms with Crippen LogP contribution in [0, 0.1) is 0 Å². The summed E-state index contributed by atoms with van der Waals surface area (Å²) in [5.74, 6) is 2.19. The maximum atomic E-state index is 13.8. The minimum absolute atomic E-state index is 0.0377. The molecule has 2 aromatic rings. The molecule has 1 N–H and O–H groups in total. The number of ether oxygens (including phenoxy) is 4. The molecule has 1 amide bonds. The molecule has 0 unspecified atom stereocenters. The van der Waals surface area contributed by atoms with Crippen LogP contribution in [0.15, 0.2) is 66.1 Å². The van der Waals surface area contributed by atoms with E-state index in [9.17, 15) is 4.79 Å². The number of hydrogen-bond donors (Lipinski definition) is 1. The van der Waals surface area contributed by atoms with Crippen molar-refractivity contribution in [3.63, 3.8) is 0 Å². The van der Waals surface area contributed by atoms with E-state index in [0.29, 0.717) is 18.7 Å². The number of rotatable bonds is 7. The highest BCUT2D eigenvalue weighted by atomic mass is 16.7. The lowest BCUT2D eigenvalue weighted by molar-refractivity contribution is -0.122. The fourth-order valence-electron chi connectivity index (χ4n) is 4.92. The summed E-state index contributed by atoms with van der Waals surface area (Å²) in [5.41, 5.74) is 4.75. The van der Waals surface area contributed by atoms with E-state index in [1.807, 2.05) is 67.4 Å². The Labute approximate surface area is 211 Å². The monoisotopic (exact) mass is 489 g/mol. The summed E-state index contributed by atoms with van der Waals surface area (Å²) in [6.07, 6.45) is 6.54. The molecule has 0 radical (unpaired) electrons. The summed E-state index contributed by atoms with van der Waals surface area (Å²) in [5, 5.41) is 7.22. The molecule has 0 atom stereocenters. The first-order chi connectivity index (χ1) is 17.4. The maximum absolute atomic E-state index is 13.8. The van der Waals surface area contributed by atoms with Gasteiger partial charge in [-0.3, -0.25) is 9.80 Å². The zero-order chi connectivity index (χ0) is 25.4. The first kappa shape index (κ1) is 23.8. The van der Waals surface area contributed by atoms with Gasteiger partial charge in [0.25, 0.3) is 5.91 Å². The third-order valence-electron chi connectivity index (χ3n) is 6.64. The van der Waals surface area contributed by atoms with Gasteiger partial charge in [0.1, 0.15) is 28.5 Å². The van der Waals surface area contributed by atoms with Crippen molar-refractivity contribution < 1.29 is 23.7 Å². The van der Waals surface area contributed by atoms with Crippen LogP contribution >= 0.6 is 0 Å². The van der Waals surface area contributed by atoms with Crippen molar-refractivity contribution in [1.29, 1.82) is 0 Å². The Hall–Kier alpha value is -3.91. The summed E-state index contributed by atoms with van der Waals surface area (Å²) in [7, 11) is 4.91. The summed E-state index contributed by atoms with van der Waals surface area (Å²) in [6, 6.07) is 11.9. The van der Waals surface area contributed by atoms with E-state index >= 15 is 0 Å². The highest BCUT2D eigenvalue weighted by Gasteiger charge is 2.47. The van der Waals surface area contributed by atoms with Gasteiger partial charge in [0.15, 0.2) is 6.79 Å². The van der Waals surface area contributed by atoms with E-state index in [1.165, 1.54) is 0 Å². The van der Waals surface area contributed by atoms with Gasteiger partial charge in [-0.2, -0.15) is 0 Å². The summed E-state index contributed by atoms with van der Waals surface area (Å²) in [4.78, 5) is 13.8. The van der Waals surface area contributed by atoms with Gasteiger partial charge in [-0.15, -0.1) is 0 Å². The zero-order valence-electron chi connectivity index (χ0n) is 21.3. The van der Waals surface area contributed by atoms with Crippen molar-refractivity contribution >= 4 is 28.5 Å². The Balaban J connectivity index is 1.67. The number of amides is 1. The highest BCUT2D eigenvalue weighted by Crippen LogP contribution is 2.50. The molecule has 188 valence electrons. The molecule has 0 spiro atoms. The summed E-state index contributed by atoms with van der Waals surface area (Å²) >= 11 is 0. The molecular weight excluding hydrogens is 458 g/mol. The fourth-order valence-corrected chi connectivity index (χ4v) is 4.92. The van der Waals surface area contributed by atoms with Crippen LogP contribution in [0.25, 0.3) is 5.57 Å². The molecular formula is C28H31N3O5. The van der Waals surface area contributed by atoms with Crippen LogP contribution in [0.1, 0.15) is 31.4 Å². The molecule has 2 aliphatic heterocycles. The molecule has 8 heteroatoms. The second-order valence-corrected chi connectivity index (χ2v) is 9.33. The lowest BCUT2D eigenvalue weighted by atomic mass is 9.92. The van der Waals surface area contributed by atoms with Crippen molar-refractivity contribution in [2.24, 2.45) is 0 Å². The van der Waals surface area contributed by atoms with Gasteiger partial charge >= 0.3 is 0 Å². The zero-order valence-corrected chi connectivity index (χ0v) is 21.3. The maximum Gasteiger partial charge on any atom is 0.270 e. The van der Waals surface area contributed by atoms with E-state index in [0.717, 1.165) is 45.3 Å². The van der Waals surface area contributed by atoms with E-state index in [2.05, 4.69) is 11.4 Å². The van der Waals surface area contributed by atoms with Crippen LogP contribution in [-0.4, -0.2) is 39.6 Å². The topological polar surface area (TPSA) is 72.5 Å². The van der Waals surface area contributed by atoms with Crippen LogP contribution in [0.3, 0.4) is 0 Å². The number of allylic oxidation sites excluding steroid dienone is 4. The second kappa shape index (κ2) is 9.28. The Morgan fingerprint density at radius 2 is 1.83 bits per heavy atom. The largest absolute Gasteiger partial charge is 0.496 e. The van der Waals surface area contributed by atoms with E-state index in [4.69, 9.17) is 18.9 Å². The average Bonchev–Trinajstić information content (AvgIpc) is 3.16. The van der Waals surface area contributed by atoms with Crippen molar-refractivity contribution in [3.05, 3.63) is 77.3 Å². The predicted octanol–water partition coefficient (Wildman–Crippen LogP) is 4.99. The Morgan fingerprint density at radius 1 is 1.03 bits per heavy atom. The standard InChI is InChI=1S/C28H31N3O5/c1-28(2)27(32)31-26-21(16-30(31)23-8-6-7-9-25(23)35-5)19(13-14-22(26)29-28)20-12-10-18(36-17-33-3)11-15-24(20)34-4/h6-10,12-15,29H,11,16-17H2,1-5H3. The van der Waals surface area contributed by atoms with E-state index in [-0.39, 0.29) is 12.7 Å². The quantitative estimate of drug-likeness (QED) is 0.550. The number of nitrogens with one attached hydrogen (secondary N) is 1. The van der Waals surface area contributed by atoms with E-state index in [1.54, 1.807) is 26.3 Å². The molecule has 0 aromatic heterocycles. The molecule has 0 saturated carbocycles. The van der Waals surface area contributed by atoms with Crippen LogP contribution < -0.4 is 20.1 Å². The van der Waals surface area contributed by atoms with Crippen LogP contribution in [0.2, 0.25) is 0 Å². The second-order valence-electron chi connectivity index (χ2n) is 9.33. The molecule has 1 aliphatic carbocycles. The molecule has 8 nitrogen and oxygen atoms in total. The van der Waals surface area contributed by atoms with Crippen LogP contribution in [0.5, 0.6) is 5.75 Å². The molecule has 3 aliphatic rings. The minimum Gasteiger partial charge on any atom is -0.496 e. The number of anilines is 3. The van der Waals surface area contributed by atoms with Crippen LogP contribution in [-0.2, 0) is 25.5 Å². The lowest BCUT2D eigenvalue weighted by Crippen LogP contribution is -2.57. The third kappa shape index (κ3) is 3.87. The lowest BCUT2D eigenvalue weighted by Gasteiger charge is -2.41. The average molecular weight is 490 g/mol. The molecule has 0 fully saturated rings. The number of hydrogen-bond acceptors (Lipinski definition) is 7. The number of benzene rings is 2. The number of nitrogens with zero attached hydrogens (tertiary/aromatic N) is 2. The first-order valence-electron chi connectivity index (χ1n) is 11.9. The molecule has 36 heavy (non-hydrogen) atoms. The Bertz CT molecular complexity index is 1290. The molecule has 2 heterocycles. The van der Waals surface area contributed by atoms with Gasteiger partial charge in [0, 0.05) is 24.7 Å². The smallest absolute Gasteiger partial charge is 0.270 e. The Kier molecular flexibility index (Phi) is 6.14. The van der Waals surface area contributed by atoms with Crippen LogP contribution in [0.4, 0.5) is 17.1 Å². The number of methoxy groups -OCH3 is 3. The first-order valence-corrected chi connectivity index (χ1v) is 11.9. The van der Waals surface area contributed by atoms with Gasteiger partial charge in [-0.05, 0) is 55.8 Å². The fraction of sp³-hybridized carbons (Fsp3) is 0.321. The highest BCUT2D eigenvalue weighted by molar-refractivity contribution is 6.12. The normalized spacial score (nSPS) is 17.9. The van der Waals surface area contributed by atoms with Crippen molar-refractivity contribution in [2.45, 2.75) is 32.4 Å². The van der Waals surface area contributed by atoms with Crippen molar-refractivity contribution in [1.82, 2.24) is 0 Å². The number of carbonyl (C=O) groups is 1. The molecule has 0 bridgehead atoms. The van der Waals surface area contributed by atoms with Crippen molar-refractivity contribution in [3.8, 4) is 5.75 Å². The van der Waals surface area contributed by atoms with Gasteiger partial charge in [0.05, 0.1) is 32.1 Å². The predicted molar refractivity (Wildman–Crippen MR) is 140 cm³/mol. The third-order valence-corrected chi connectivity index (χ3v) is 6.64. The van der Waals surface area contributed by atoms with Gasteiger partial charge in [0.2, 0.25) is 0 Å². The number of para-hydroxylation sites is 2. The number of carbonyl (C=O) groups excluding carboxylic acids is 1. The van der Waals surface area contributed by atoms with Crippen molar-refractivity contribution in [2.75, 3.05) is 43.5 Å². The van der Waals surface area contributed by atoms with Gasteiger partial charge in [-0.1, -0.05) is 18.2 Å².